The highest BCUT2D eigenvalue weighted by molar-refractivity contribution is 5.85. The maximum atomic E-state index is 12.6. The molecule has 6 rings (SSSR count). The van der Waals surface area contributed by atoms with Gasteiger partial charge in [0.15, 0.2) is 0 Å². The summed E-state index contributed by atoms with van der Waals surface area (Å²) in [7, 11) is 0. The van der Waals surface area contributed by atoms with E-state index in [1.54, 1.807) is 0 Å². The molecule has 7 nitrogen and oxygen atoms in total. The third-order valence-corrected chi connectivity index (χ3v) is 7.92. The highest BCUT2D eigenvalue weighted by atomic mass is 16.6. The molecule has 2 aliphatic heterocycles. The van der Waals surface area contributed by atoms with Gasteiger partial charge in [0.25, 0.3) is 0 Å². The van der Waals surface area contributed by atoms with Crippen LogP contribution in [0, 0.1) is 5.92 Å². The van der Waals surface area contributed by atoms with Gasteiger partial charge in [-0.3, -0.25) is 0 Å². The average Bonchev–Trinajstić information content (AvgIpc) is 3.55. The Bertz CT molecular complexity index is 1360. The molecule has 38 heavy (non-hydrogen) atoms. The lowest BCUT2D eigenvalue weighted by atomic mass is 10.0. The summed E-state index contributed by atoms with van der Waals surface area (Å²) in [6.07, 6.45) is 12.6. The van der Waals surface area contributed by atoms with Gasteiger partial charge in [0.2, 0.25) is 0 Å². The lowest BCUT2D eigenvalue weighted by Crippen LogP contribution is -2.32. The number of nitrogens with zero attached hydrogens (tertiary/aromatic N) is 4. The third-order valence-electron chi connectivity index (χ3n) is 7.92. The molecule has 0 saturated carbocycles. The van der Waals surface area contributed by atoms with E-state index in [0.29, 0.717) is 12.5 Å². The number of amides is 1. The maximum absolute atomic E-state index is 12.6. The zero-order chi connectivity index (χ0) is 25.7. The van der Waals surface area contributed by atoms with Gasteiger partial charge >= 0.3 is 6.09 Å². The fourth-order valence-corrected chi connectivity index (χ4v) is 5.74. The zero-order valence-corrected chi connectivity index (χ0v) is 21.9. The number of ether oxygens (including phenoxy) is 2. The monoisotopic (exact) mass is 512 g/mol. The van der Waals surface area contributed by atoms with Crippen LogP contribution < -0.4 is 0 Å². The predicted molar refractivity (Wildman–Crippen MR) is 148 cm³/mol. The molecule has 0 bridgehead atoms. The third kappa shape index (κ3) is 5.63. The topological polar surface area (TPSA) is 61.5 Å². The number of carbonyl (C=O) groups excluding carboxylic acids is 1. The van der Waals surface area contributed by atoms with E-state index in [9.17, 15) is 4.79 Å². The van der Waals surface area contributed by atoms with Crippen molar-refractivity contribution in [2.24, 2.45) is 5.92 Å². The van der Waals surface area contributed by atoms with E-state index < -0.39 is 0 Å². The van der Waals surface area contributed by atoms with Crippen LogP contribution in [0.15, 0.2) is 73.2 Å². The molecule has 2 unspecified atom stereocenters. The van der Waals surface area contributed by atoms with E-state index >= 15 is 0 Å². The van der Waals surface area contributed by atoms with Gasteiger partial charge in [0.05, 0.1) is 6.20 Å². The van der Waals surface area contributed by atoms with Gasteiger partial charge in [-0.25, -0.2) is 9.48 Å². The maximum Gasteiger partial charge on any atom is 0.410 e. The van der Waals surface area contributed by atoms with Crippen LogP contribution >= 0.6 is 0 Å². The van der Waals surface area contributed by atoms with E-state index in [2.05, 4.69) is 46.3 Å². The normalized spacial score (nSPS) is 20.4. The van der Waals surface area contributed by atoms with Gasteiger partial charge in [0, 0.05) is 55.1 Å². The number of carbonyl (C=O) groups is 1. The van der Waals surface area contributed by atoms with Crippen molar-refractivity contribution in [3.63, 3.8) is 0 Å². The summed E-state index contributed by atoms with van der Waals surface area (Å²) in [6, 6.07) is 18.7. The summed E-state index contributed by atoms with van der Waals surface area (Å²) in [5, 5.41) is 5.82. The van der Waals surface area contributed by atoms with Gasteiger partial charge in [-0.15, -0.1) is 0 Å². The second kappa shape index (κ2) is 11.4. The Balaban J connectivity index is 1.06. The van der Waals surface area contributed by atoms with Gasteiger partial charge in [-0.1, -0.05) is 36.4 Å². The lowest BCUT2D eigenvalue weighted by molar-refractivity contribution is -0.0394. The van der Waals surface area contributed by atoms with Crippen molar-refractivity contribution in [3.8, 4) is 11.1 Å². The number of benzene rings is 2. The van der Waals surface area contributed by atoms with Crippen LogP contribution in [0.4, 0.5) is 4.79 Å². The molecule has 0 spiro atoms. The van der Waals surface area contributed by atoms with E-state index in [-0.39, 0.29) is 12.3 Å². The summed E-state index contributed by atoms with van der Waals surface area (Å²) in [4.78, 5) is 14.5. The number of rotatable bonds is 6. The second-order valence-corrected chi connectivity index (χ2v) is 10.6. The molecule has 2 aromatic carbocycles. The van der Waals surface area contributed by atoms with E-state index in [1.165, 1.54) is 22.9 Å². The Hall–Kier alpha value is -3.58. The molecule has 1 amide bonds. The van der Waals surface area contributed by atoms with Crippen LogP contribution in [-0.2, 0) is 22.6 Å². The van der Waals surface area contributed by atoms with Gasteiger partial charge in [0.1, 0.15) is 12.8 Å². The molecule has 0 aliphatic carbocycles. The molecule has 2 atom stereocenters. The molecule has 2 saturated heterocycles. The Morgan fingerprint density at radius 2 is 1.89 bits per heavy atom. The van der Waals surface area contributed by atoms with E-state index in [0.717, 1.165) is 69.5 Å². The summed E-state index contributed by atoms with van der Waals surface area (Å²) in [5.41, 5.74) is 4.57. The number of likely N-dealkylation sites (tertiary alicyclic amines) is 1. The predicted octanol–water partition coefficient (Wildman–Crippen LogP) is 6.64. The summed E-state index contributed by atoms with van der Waals surface area (Å²) >= 11 is 0. The van der Waals surface area contributed by atoms with Crippen LogP contribution in [0.2, 0.25) is 0 Å². The van der Waals surface area contributed by atoms with Crippen LogP contribution in [0.25, 0.3) is 22.0 Å². The van der Waals surface area contributed by atoms with Crippen molar-refractivity contribution < 1.29 is 14.3 Å². The molecular weight excluding hydrogens is 476 g/mol. The highest BCUT2D eigenvalue weighted by Crippen LogP contribution is 2.29. The molecule has 7 heteroatoms. The van der Waals surface area contributed by atoms with Crippen LogP contribution in [0.1, 0.15) is 50.3 Å². The largest absolute Gasteiger partial charge is 0.445 e. The minimum absolute atomic E-state index is 0.0588. The second-order valence-electron chi connectivity index (χ2n) is 10.6. The van der Waals surface area contributed by atoms with Gasteiger partial charge in [-0.2, -0.15) is 5.10 Å². The quantitative estimate of drug-likeness (QED) is 0.290. The number of hydrogen-bond donors (Lipinski definition) is 0. The number of aromatic nitrogens is 3. The molecule has 198 valence electrons. The molecule has 2 fully saturated rings. The van der Waals surface area contributed by atoms with Crippen LogP contribution in [0.3, 0.4) is 0 Å². The fourth-order valence-electron chi connectivity index (χ4n) is 5.74. The minimum atomic E-state index is -0.202. The Kier molecular flexibility index (Phi) is 7.45. The van der Waals surface area contributed by atoms with Gasteiger partial charge in [-0.05, 0) is 73.8 Å². The van der Waals surface area contributed by atoms with Crippen LogP contribution in [0.5, 0.6) is 0 Å². The summed E-state index contributed by atoms with van der Waals surface area (Å²) < 4.78 is 15.8. The van der Waals surface area contributed by atoms with Gasteiger partial charge < -0.3 is 18.9 Å². The van der Waals surface area contributed by atoms with E-state index in [4.69, 9.17) is 9.47 Å². The number of fused-ring (bicyclic) bond motifs is 1. The molecule has 2 aromatic heterocycles. The number of hydrogen-bond acceptors (Lipinski definition) is 4. The molecule has 0 N–H and O–H groups in total. The van der Waals surface area contributed by atoms with Crippen molar-refractivity contribution in [1.29, 1.82) is 0 Å². The Morgan fingerprint density at radius 3 is 2.76 bits per heavy atom. The first kappa shape index (κ1) is 24.7. The molecule has 4 aromatic rings. The minimum Gasteiger partial charge on any atom is -0.445 e. The van der Waals surface area contributed by atoms with Crippen molar-refractivity contribution in [1.82, 2.24) is 19.2 Å². The lowest BCUT2D eigenvalue weighted by Gasteiger charge is -2.22. The first-order valence-electron chi connectivity index (χ1n) is 13.9. The van der Waals surface area contributed by atoms with Crippen molar-refractivity contribution in [2.45, 2.75) is 57.9 Å². The standard InChI is InChI=1S/C31H36N4O3/c36-31(38-23-25-7-2-1-3-8-25)33-15-6-9-24(13-16-33)21-34-17-14-27-19-26(11-12-29(27)34)28-20-32-35(22-28)30-10-4-5-18-37-30/h1-3,7-8,11-12,14,17,19-20,22,24,30H,4-6,9-10,13,15-16,18,21,23H2. The fraction of sp³-hybridized carbons (Fsp3) is 0.419. The van der Waals surface area contributed by atoms with Crippen molar-refractivity contribution >= 4 is 17.0 Å². The average molecular weight is 513 g/mol. The molecule has 0 radical (unpaired) electrons. The molecule has 4 heterocycles. The molecular formula is C31H36N4O3. The summed E-state index contributed by atoms with van der Waals surface area (Å²) in [6.45, 7) is 3.62. The molecule has 2 aliphatic rings. The summed E-state index contributed by atoms with van der Waals surface area (Å²) in [5.74, 6) is 0.533. The smallest absolute Gasteiger partial charge is 0.410 e. The Morgan fingerprint density at radius 1 is 0.974 bits per heavy atom. The first-order chi connectivity index (χ1) is 18.7. The van der Waals surface area contributed by atoms with Crippen molar-refractivity contribution in [2.75, 3.05) is 19.7 Å². The highest BCUT2D eigenvalue weighted by Gasteiger charge is 2.22. The SMILES string of the molecule is O=C(OCc1ccccc1)N1CCCC(Cn2ccc3cc(-c4cnn(C5CCCCO5)c4)ccc32)CC1. The Labute approximate surface area is 223 Å². The zero-order valence-electron chi connectivity index (χ0n) is 21.9. The van der Waals surface area contributed by atoms with Crippen molar-refractivity contribution in [3.05, 3.63) is 78.8 Å². The first-order valence-corrected chi connectivity index (χ1v) is 13.9. The van der Waals surface area contributed by atoms with E-state index in [1.807, 2.05) is 46.1 Å². The van der Waals surface area contributed by atoms with Crippen LogP contribution in [-0.4, -0.2) is 45.0 Å².